The van der Waals surface area contributed by atoms with E-state index in [1.807, 2.05) is 4.90 Å². The Hall–Kier alpha value is -1.35. The van der Waals surface area contributed by atoms with Gasteiger partial charge in [0.25, 0.3) is 0 Å². The molecule has 20 heavy (non-hydrogen) atoms. The SMILES string of the molecule is CCCNC1CCN(c2cccc3c2CCCC3)C1=O. The van der Waals surface area contributed by atoms with E-state index in [4.69, 9.17) is 0 Å². The number of anilines is 1. The number of hydrogen-bond acceptors (Lipinski definition) is 2. The second kappa shape index (κ2) is 5.96. The van der Waals surface area contributed by atoms with Crippen LogP contribution in [0.15, 0.2) is 18.2 Å². The van der Waals surface area contributed by atoms with Gasteiger partial charge in [0, 0.05) is 12.2 Å². The molecule has 3 nitrogen and oxygen atoms in total. The maximum Gasteiger partial charge on any atom is 0.244 e. The van der Waals surface area contributed by atoms with Gasteiger partial charge in [-0.2, -0.15) is 0 Å². The molecule has 0 bridgehead atoms. The normalized spacial score (nSPS) is 22.1. The number of amides is 1. The number of nitrogens with zero attached hydrogens (tertiary/aromatic N) is 1. The predicted molar refractivity (Wildman–Crippen MR) is 82.1 cm³/mol. The first-order valence-corrected chi connectivity index (χ1v) is 7.96. The van der Waals surface area contributed by atoms with Crippen LogP contribution in [0.4, 0.5) is 5.69 Å². The van der Waals surface area contributed by atoms with Crippen LogP contribution in [0.1, 0.15) is 43.7 Å². The van der Waals surface area contributed by atoms with Gasteiger partial charge in [-0.15, -0.1) is 0 Å². The lowest BCUT2D eigenvalue weighted by Crippen LogP contribution is -2.39. The van der Waals surface area contributed by atoms with E-state index in [-0.39, 0.29) is 11.9 Å². The van der Waals surface area contributed by atoms with Crippen LogP contribution >= 0.6 is 0 Å². The fourth-order valence-electron chi connectivity index (χ4n) is 3.44. The highest BCUT2D eigenvalue weighted by Crippen LogP contribution is 2.32. The Morgan fingerprint density at radius 3 is 3.00 bits per heavy atom. The van der Waals surface area contributed by atoms with Crippen molar-refractivity contribution in [1.82, 2.24) is 5.32 Å². The minimum Gasteiger partial charge on any atom is -0.311 e. The molecule has 1 aliphatic carbocycles. The van der Waals surface area contributed by atoms with Gasteiger partial charge in [0.05, 0.1) is 6.04 Å². The highest BCUT2D eigenvalue weighted by Gasteiger charge is 2.33. The number of carbonyl (C=O) groups excluding carboxylic acids is 1. The van der Waals surface area contributed by atoms with Gasteiger partial charge in [0.1, 0.15) is 0 Å². The van der Waals surface area contributed by atoms with E-state index in [0.29, 0.717) is 0 Å². The average Bonchev–Trinajstić information content (AvgIpc) is 2.85. The summed E-state index contributed by atoms with van der Waals surface area (Å²) in [6, 6.07) is 6.49. The Morgan fingerprint density at radius 1 is 1.30 bits per heavy atom. The summed E-state index contributed by atoms with van der Waals surface area (Å²) < 4.78 is 0. The molecule has 0 aromatic heterocycles. The van der Waals surface area contributed by atoms with E-state index >= 15 is 0 Å². The van der Waals surface area contributed by atoms with Crippen LogP contribution in [-0.2, 0) is 17.6 Å². The Labute approximate surface area is 121 Å². The Balaban J connectivity index is 1.82. The van der Waals surface area contributed by atoms with Crippen LogP contribution in [0, 0.1) is 0 Å². The summed E-state index contributed by atoms with van der Waals surface area (Å²) in [4.78, 5) is 14.6. The first-order valence-electron chi connectivity index (χ1n) is 7.96. The quantitative estimate of drug-likeness (QED) is 0.914. The van der Waals surface area contributed by atoms with Gasteiger partial charge >= 0.3 is 0 Å². The number of hydrogen-bond donors (Lipinski definition) is 1. The highest BCUT2D eigenvalue weighted by atomic mass is 16.2. The van der Waals surface area contributed by atoms with Gasteiger partial charge in [-0.1, -0.05) is 19.1 Å². The Morgan fingerprint density at radius 2 is 2.15 bits per heavy atom. The monoisotopic (exact) mass is 272 g/mol. The topological polar surface area (TPSA) is 32.3 Å². The molecule has 1 fully saturated rings. The molecular weight excluding hydrogens is 248 g/mol. The minimum atomic E-state index is 0.0226. The first kappa shape index (κ1) is 13.6. The van der Waals surface area contributed by atoms with Crippen LogP contribution in [0.25, 0.3) is 0 Å². The van der Waals surface area contributed by atoms with E-state index in [0.717, 1.165) is 32.4 Å². The number of rotatable bonds is 4. The third kappa shape index (κ3) is 2.47. The molecular formula is C17H24N2O. The molecule has 1 unspecified atom stereocenters. The second-order valence-electron chi connectivity index (χ2n) is 5.91. The van der Waals surface area contributed by atoms with Crippen LogP contribution in [-0.4, -0.2) is 25.0 Å². The van der Waals surface area contributed by atoms with Crippen molar-refractivity contribution in [2.24, 2.45) is 0 Å². The van der Waals surface area contributed by atoms with E-state index in [2.05, 4.69) is 30.4 Å². The zero-order chi connectivity index (χ0) is 13.9. The zero-order valence-corrected chi connectivity index (χ0v) is 12.3. The molecule has 1 aromatic rings. The maximum atomic E-state index is 12.6. The standard InChI is InChI=1S/C17H24N2O/c1-2-11-18-15-10-12-19(17(15)20)16-9-5-7-13-6-3-4-8-14(13)16/h5,7,9,15,18H,2-4,6,8,10-12H2,1H3. The number of benzene rings is 1. The number of nitrogens with one attached hydrogen (secondary N) is 1. The van der Waals surface area contributed by atoms with Gasteiger partial charge < -0.3 is 10.2 Å². The van der Waals surface area contributed by atoms with Crippen LogP contribution in [0.3, 0.4) is 0 Å². The molecule has 1 heterocycles. The third-order valence-electron chi connectivity index (χ3n) is 4.51. The fourth-order valence-corrected chi connectivity index (χ4v) is 3.44. The van der Waals surface area contributed by atoms with Crippen molar-refractivity contribution in [2.45, 2.75) is 51.5 Å². The fraction of sp³-hybridized carbons (Fsp3) is 0.588. The van der Waals surface area contributed by atoms with E-state index in [1.54, 1.807) is 0 Å². The summed E-state index contributed by atoms with van der Waals surface area (Å²) in [5.41, 5.74) is 4.04. The molecule has 0 saturated carbocycles. The summed E-state index contributed by atoms with van der Waals surface area (Å²) in [5.74, 6) is 0.262. The van der Waals surface area contributed by atoms with Gasteiger partial charge in [-0.3, -0.25) is 4.79 Å². The van der Waals surface area contributed by atoms with Gasteiger partial charge in [-0.05, 0) is 62.3 Å². The van der Waals surface area contributed by atoms with Crippen molar-refractivity contribution in [3.05, 3.63) is 29.3 Å². The van der Waals surface area contributed by atoms with Crippen LogP contribution in [0.2, 0.25) is 0 Å². The summed E-state index contributed by atoms with van der Waals surface area (Å²) in [5, 5.41) is 3.37. The largest absolute Gasteiger partial charge is 0.311 e. The molecule has 3 heteroatoms. The van der Waals surface area contributed by atoms with Crippen molar-refractivity contribution in [3.8, 4) is 0 Å². The zero-order valence-electron chi connectivity index (χ0n) is 12.3. The number of aryl methyl sites for hydroxylation is 1. The lowest BCUT2D eigenvalue weighted by atomic mass is 9.90. The Kier molecular flexibility index (Phi) is 4.06. The van der Waals surface area contributed by atoms with Gasteiger partial charge in [0.15, 0.2) is 0 Å². The first-order chi connectivity index (χ1) is 9.81. The van der Waals surface area contributed by atoms with Crippen LogP contribution < -0.4 is 10.2 Å². The summed E-state index contributed by atoms with van der Waals surface area (Å²) in [6.45, 7) is 3.92. The number of carbonyl (C=O) groups is 1. The lowest BCUT2D eigenvalue weighted by molar-refractivity contribution is -0.118. The smallest absolute Gasteiger partial charge is 0.244 e. The molecule has 0 radical (unpaired) electrons. The van der Waals surface area contributed by atoms with Crippen molar-refractivity contribution in [3.63, 3.8) is 0 Å². The number of fused-ring (bicyclic) bond motifs is 1. The summed E-state index contributed by atoms with van der Waals surface area (Å²) >= 11 is 0. The molecule has 108 valence electrons. The maximum absolute atomic E-state index is 12.6. The molecule has 3 rings (SSSR count). The van der Waals surface area contributed by atoms with Crippen molar-refractivity contribution >= 4 is 11.6 Å². The van der Waals surface area contributed by atoms with Crippen molar-refractivity contribution in [1.29, 1.82) is 0 Å². The molecule has 1 atom stereocenters. The summed E-state index contributed by atoms with van der Waals surface area (Å²) in [6.07, 6.45) is 6.84. The molecule has 0 spiro atoms. The van der Waals surface area contributed by atoms with Crippen molar-refractivity contribution in [2.75, 3.05) is 18.0 Å². The minimum absolute atomic E-state index is 0.0226. The molecule has 1 aromatic carbocycles. The molecule has 1 saturated heterocycles. The van der Waals surface area contributed by atoms with Crippen LogP contribution in [0.5, 0.6) is 0 Å². The highest BCUT2D eigenvalue weighted by molar-refractivity contribution is 6.00. The van der Waals surface area contributed by atoms with E-state index < -0.39 is 0 Å². The predicted octanol–water partition coefficient (Wildman–Crippen LogP) is 2.67. The van der Waals surface area contributed by atoms with Crippen molar-refractivity contribution < 1.29 is 4.79 Å². The molecule has 2 aliphatic rings. The van der Waals surface area contributed by atoms with E-state index in [9.17, 15) is 4.79 Å². The van der Waals surface area contributed by atoms with E-state index in [1.165, 1.54) is 36.1 Å². The lowest BCUT2D eigenvalue weighted by Gasteiger charge is -2.25. The van der Waals surface area contributed by atoms with Gasteiger partial charge in [-0.25, -0.2) is 0 Å². The molecule has 1 amide bonds. The Bertz CT molecular complexity index is 498. The second-order valence-corrected chi connectivity index (χ2v) is 5.91. The average molecular weight is 272 g/mol. The molecule has 1 N–H and O–H groups in total. The van der Waals surface area contributed by atoms with Gasteiger partial charge in [0.2, 0.25) is 5.91 Å². The third-order valence-corrected chi connectivity index (χ3v) is 4.51. The summed E-state index contributed by atoms with van der Waals surface area (Å²) in [7, 11) is 0. The molecule has 1 aliphatic heterocycles.